The Morgan fingerprint density at radius 1 is 1.00 bits per heavy atom. The lowest BCUT2D eigenvalue weighted by atomic mass is 10.2. The summed E-state index contributed by atoms with van der Waals surface area (Å²) in [5.41, 5.74) is 0.574. The van der Waals surface area contributed by atoms with Crippen molar-refractivity contribution in [2.45, 2.75) is 26.8 Å². The van der Waals surface area contributed by atoms with E-state index >= 15 is 0 Å². The summed E-state index contributed by atoms with van der Waals surface area (Å²) >= 11 is 6.29. The van der Waals surface area contributed by atoms with Crippen LogP contribution < -0.4 is 24.3 Å². The van der Waals surface area contributed by atoms with Crippen LogP contribution in [-0.4, -0.2) is 45.2 Å². The molecule has 0 aliphatic heterocycles. The SMILES string of the molecule is CCOc1ccc(Cl)c(NC(=O)C(N=Nc2ccc(OC)c(OC)c2)C(C)=O)c1OCC. The first kappa shape index (κ1) is 24.9. The van der Waals surface area contributed by atoms with Crippen LogP contribution in [0, 0.1) is 0 Å². The molecule has 0 spiro atoms. The minimum Gasteiger partial charge on any atom is -0.493 e. The summed E-state index contributed by atoms with van der Waals surface area (Å²) in [6.45, 7) is 5.57. The van der Waals surface area contributed by atoms with E-state index in [4.69, 9.17) is 30.5 Å². The Bertz CT molecular complexity index is 996. The molecular formula is C22H26ClN3O6. The van der Waals surface area contributed by atoms with Gasteiger partial charge in [-0.1, -0.05) is 11.6 Å². The molecule has 0 bridgehead atoms. The number of amides is 1. The van der Waals surface area contributed by atoms with Gasteiger partial charge in [0.1, 0.15) is 5.69 Å². The van der Waals surface area contributed by atoms with E-state index in [1.807, 2.05) is 6.92 Å². The predicted molar refractivity (Wildman–Crippen MR) is 121 cm³/mol. The Morgan fingerprint density at radius 3 is 2.25 bits per heavy atom. The number of carbonyl (C=O) groups is 2. The van der Waals surface area contributed by atoms with E-state index in [2.05, 4.69) is 15.5 Å². The maximum atomic E-state index is 12.9. The molecule has 1 N–H and O–H groups in total. The van der Waals surface area contributed by atoms with Gasteiger partial charge in [0.2, 0.25) is 6.04 Å². The highest BCUT2D eigenvalue weighted by Gasteiger charge is 2.26. The van der Waals surface area contributed by atoms with Crippen molar-refractivity contribution in [2.24, 2.45) is 10.2 Å². The number of halogens is 1. The van der Waals surface area contributed by atoms with Gasteiger partial charge in [-0.3, -0.25) is 9.59 Å². The molecule has 0 saturated heterocycles. The van der Waals surface area contributed by atoms with Gasteiger partial charge in [0.15, 0.2) is 28.8 Å². The first-order chi connectivity index (χ1) is 15.4. The number of ether oxygens (including phenoxy) is 4. The first-order valence-electron chi connectivity index (χ1n) is 9.88. The highest BCUT2D eigenvalue weighted by molar-refractivity contribution is 6.34. The van der Waals surface area contributed by atoms with Gasteiger partial charge in [-0.15, -0.1) is 0 Å². The van der Waals surface area contributed by atoms with Gasteiger partial charge in [-0.05, 0) is 45.0 Å². The molecule has 2 aromatic rings. The van der Waals surface area contributed by atoms with Gasteiger partial charge in [-0.25, -0.2) is 0 Å². The topological polar surface area (TPSA) is 108 Å². The molecular weight excluding hydrogens is 438 g/mol. The molecule has 172 valence electrons. The van der Waals surface area contributed by atoms with Crippen molar-refractivity contribution in [3.63, 3.8) is 0 Å². The van der Waals surface area contributed by atoms with Crippen molar-refractivity contribution in [1.82, 2.24) is 0 Å². The van der Waals surface area contributed by atoms with Gasteiger partial charge in [-0.2, -0.15) is 10.2 Å². The van der Waals surface area contributed by atoms with Crippen molar-refractivity contribution < 1.29 is 28.5 Å². The number of benzene rings is 2. The quantitative estimate of drug-likeness (QED) is 0.377. The van der Waals surface area contributed by atoms with E-state index in [1.54, 1.807) is 37.3 Å². The van der Waals surface area contributed by atoms with Crippen LogP contribution in [0.2, 0.25) is 5.02 Å². The lowest BCUT2D eigenvalue weighted by Crippen LogP contribution is -2.32. The summed E-state index contributed by atoms with van der Waals surface area (Å²) in [6.07, 6.45) is 0. The van der Waals surface area contributed by atoms with Crippen LogP contribution in [0.15, 0.2) is 40.6 Å². The number of anilines is 1. The fraction of sp³-hybridized carbons (Fsp3) is 0.364. The Kier molecular flexibility index (Phi) is 9.27. The number of rotatable bonds is 11. The van der Waals surface area contributed by atoms with Crippen molar-refractivity contribution >= 4 is 34.7 Å². The number of hydrogen-bond acceptors (Lipinski definition) is 8. The highest BCUT2D eigenvalue weighted by Crippen LogP contribution is 2.41. The van der Waals surface area contributed by atoms with E-state index in [-0.39, 0.29) is 16.5 Å². The zero-order chi connectivity index (χ0) is 23.7. The monoisotopic (exact) mass is 463 g/mol. The maximum Gasteiger partial charge on any atom is 0.258 e. The summed E-state index contributed by atoms with van der Waals surface area (Å²) in [4.78, 5) is 25.0. The van der Waals surface area contributed by atoms with Crippen molar-refractivity contribution in [2.75, 3.05) is 32.8 Å². The van der Waals surface area contributed by atoms with Gasteiger partial charge in [0.25, 0.3) is 5.91 Å². The molecule has 0 aliphatic rings. The van der Waals surface area contributed by atoms with Crippen LogP contribution in [0.25, 0.3) is 0 Å². The van der Waals surface area contributed by atoms with Gasteiger partial charge in [0.05, 0.1) is 38.1 Å². The first-order valence-corrected chi connectivity index (χ1v) is 10.3. The molecule has 0 saturated carbocycles. The molecule has 0 aromatic heterocycles. The molecule has 10 heteroatoms. The molecule has 1 amide bonds. The fourth-order valence-corrected chi connectivity index (χ4v) is 2.93. The van der Waals surface area contributed by atoms with Crippen molar-refractivity contribution in [3.05, 3.63) is 35.4 Å². The third-order valence-corrected chi connectivity index (χ3v) is 4.51. The average molecular weight is 464 g/mol. The summed E-state index contributed by atoms with van der Waals surface area (Å²) < 4.78 is 21.6. The third kappa shape index (κ3) is 6.10. The molecule has 1 unspecified atom stereocenters. The van der Waals surface area contributed by atoms with E-state index in [9.17, 15) is 9.59 Å². The second-order valence-corrected chi connectivity index (χ2v) is 6.78. The number of methoxy groups -OCH3 is 2. The largest absolute Gasteiger partial charge is 0.493 e. The fourth-order valence-electron chi connectivity index (χ4n) is 2.73. The molecule has 32 heavy (non-hydrogen) atoms. The predicted octanol–water partition coefficient (Wildman–Crippen LogP) is 4.83. The van der Waals surface area contributed by atoms with Crippen molar-refractivity contribution in [1.29, 1.82) is 0 Å². The number of nitrogens with zero attached hydrogens (tertiary/aromatic N) is 2. The Labute approximate surface area is 191 Å². The van der Waals surface area contributed by atoms with Crippen LogP contribution >= 0.6 is 11.6 Å². The number of carbonyl (C=O) groups excluding carboxylic acids is 2. The lowest BCUT2D eigenvalue weighted by Gasteiger charge is -2.18. The molecule has 0 fully saturated rings. The minimum absolute atomic E-state index is 0.192. The Hall–Kier alpha value is -3.33. The summed E-state index contributed by atoms with van der Waals surface area (Å²) in [6, 6.07) is 6.65. The Morgan fingerprint density at radius 2 is 1.66 bits per heavy atom. The molecule has 0 aliphatic carbocycles. The molecule has 0 heterocycles. The molecule has 2 rings (SSSR count). The number of Topliss-reactive ketones (excluding diaryl/α,β-unsaturated/α-hetero) is 1. The van der Waals surface area contributed by atoms with Crippen molar-refractivity contribution in [3.8, 4) is 23.0 Å². The summed E-state index contributed by atoms with van der Waals surface area (Å²) in [7, 11) is 3.00. The second-order valence-electron chi connectivity index (χ2n) is 6.37. The van der Waals surface area contributed by atoms with Crippen LogP contribution in [-0.2, 0) is 9.59 Å². The zero-order valence-corrected chi connectivity index (χ0v) is 19.4. The van der Waals surface area contributed by atoms with E-state index in [0.29, 0.717) is 36.1 Å². The Balaban J connectivity index is 2.33. The lowest BCUT2D eigenvalue weighted by molar-refractivity contribution is -0.126. The van der Waals surface area contributed by atoms with Crippen LogP contribution in [0.5, 0.6) is 23.0 Å². The molecule has 2 aromatic carbocycles. The van der Waals surface area contributed by atoms with Gasteiger partial charge < -0.3 is 24.3 Å². The average Bonchev–Trinajstić information content (AvgIpc) is 2.77. The second kappa shape index (κ2) is 11.9. The zero-order valence-electron chi connectivity index (χ0n) is 18.6. The van der Waals surface area contributed by atoms with Gasteiger partial charge in [0, 0.05) is 6.07 Å². The number of hydrogen-bond donors (Lipinski definition) is 1. The minimum atomic E-state index is -1.40. The summed E-state index contributed by atoms with van der Waals surface area (Å²) in [5.74, 6) is 0.433. The van der Waals surface area contributed by atoms with Crippen LogP contribution in [0.3, 0.4) is 0 Å². The van der Waals surface area contributed by atoms with Gasteiger partial charge >= 0.3 is 0 Å². The smallest absolute Gasteiger partial charge is 0.258 e. The maximum absolute atomic E-state index is 12.9. The molecule has 0 radical (unpaired) electrons. The van der Waals surface area contributed by atoms with Crippen LogP contribution in [0.4, 0.5) is 11.4 Å². The normalized spacial score (nSPS) is 11.7. The van der Waals surface area contributed by atoms with Crippen LogP contribution in [0.1, 0.15) is 20.8 Å². The van der Waals surface area contributed by atoms with E-state index in [0.717, 1.165) is 0 Å². The number of azo groups is 1. The standard InChI is InChI=1S/C22H26ClN3O6/c1-6-31-17-11-9-15(23)20(21(17)32-7-2)24-22(28)19(13(3)27)26-25-14-8-10-16(29-4)18(12-14)30-5/h8-12,19H,6-7H2,1-5H3,(H,24,28). The number of nitrogens with one attached hydrogen (secondary N) is 1. The summed E-state index contributed by atoms with van der Waals surface area (Å²) in [5, 5.41) is 10.8. The molecule has 9 nitrogen and oxygen atoms in total. The van der Waals surface area contributed by atoms with E-state index in [1.165, 1.54) is 21.1 Å². The third-order valence-electron chi connectivity index (χ3n) is 4.20. The molecule has 1 atom stereocenters. The highest BCUT2D eigenvalue weighted by atomic mass is 35.5. The number of ketones is 1. The van der Waals surface area contributed by atoms with E-state index < -0.39 is 17.7 Å².